The van der Waals surface area contributed by atoms with Gasteiger partial charge in [-0.05, 0) is 32.6 Å². The van der Waals surface area contributed by atoms with Crippen LogP contribution in [0.2, 0.25) is 0 Å². The van der Waals surface area contributed by atoms with Crippen molar-refractivity contribution in [2.24, 2.45) is 5.92 Å². The van der Waals surface area contributed by atoms with E-state index in [1.54, 1.807) is 0 Å². The summed E-state index contributed by atoms with van der Waals surface area (Å²) in [5.74, 6) is 1.87. The molecule has 0 aliphatic heterocycles. The summed E-state index contributed by atoms with van der Waals surface area (Å²) in [6.45, 7) is 4.74. The Morgan fingerprint density at radius 3 is 2.68 bits per heavy atom. The van der Waals surface area contributed by atoms with Crippen LogP contribution in [0.1, 0.15) is 62.2 Å². The Labute approximate surface area is 120 Å². The van der Waals surface area contributed by atoms with E-state index in [-0.39, 0.29) is 6.10 Å². The van der Waals surface area contributed by atoms with E-state index in [1.807, 2.05) is 20.0 Å². The molecule has 0 radical (unpaired) electrons. The van der Waals surface area contributed by atoms with Crippen molar-refractivity contribution < 1.29 is 4.74 Å². The molecule has 0 bridgehead atoms. The second kappa shape index (κ2) is 7.20. The summed E-state index contributed by atoms with van der Waals surface area (Å²) in [4.78, 5) is 9.10. The number of hydrogen-bond acceptors (Lipinski definition) is 3. The number of hydrogen-bond donors (Lipinski definition) is 0. The number of alkyl halides is 1. The number of ether oxygens (including phenoxy) is 1. The first kappa shape index (κ1) is 14.7. The van der Waals surface area contributed by atoms with Gasteiger partial charge in [-0.1, -0.05) is 19.3 Å². The molecule has 1 fully saturated rings. The molecule has 1 heterocycles. The predicted molar refractivity (Wildman–Crippen MR) is 77.3 cm³/mol. The zero-order valence-electron chi connectivity index (χ0n) is 11.9. The van der Waals surface area contributed by atoms with Crippen LogP contribution in [0.5, 0.6) is 0 Å². The lowest BCUT2D eigenvalue weighted by Gasteiger charge is -2.29. The van der Waals surface area contributed by atoms with Crippen LogP contribution in [-0.4, -0.2) is 16.6 Å². The zero-order chi connectivity index (χ0) is 13.7. The predicted octanol–water partition coefficient (Wildman–Crippen LogP) is 4.18. The summed E-state index contributed by atoms with van der Waals surface area (Å²) >= 11 is 5.86. The van der Waals surface area contributed by atoms with Gasteiger partial charge in [0.05, 0.1) is 5.88 Å². The van der Waals surface area contributed by atoms with Gasteiger partial charge >= 0.3 is 0 Å². The topological polar surface area (TPSA) is 35.0 Å². The van der Waals surface area contributed by atoms with Gasteiger partial charge in [0.15, 0.2) is 5.82 Å². The first-order valence-electron chi connectivity index (χ1n) is 7.26. The van der Waals surface area contributed by atoms with Crippen LogP contribution in [0, 0.1) is 12.8 Å². The highest BCUT2D eigenvalue weighted by molar-refractivity contribution is 6.17. The minimum absolute atomic E-state index is 0.0494. The molecule has 2 rings (SSSR count). The first-order valence-corrected chi connectivity index (χ1v) is 7.79. The van der Waals surface area contributed by atoms with Crippen molar-refractivity contribution in [2.45, 2.75) is 57.9 Å². The van der Waals surface area contributed by atoms with Crippen LogP contribution in [0.15, 0.2) is 6.20 Å². The quantitative estimate of drug-likeness (QED) is 0.760. The van der Waals surface area contributed by atoms with Crippen molar-refractivity contribution in [2.75, 3.05) is 6.61 Å². The van der Waals surface area contributed by atoms with E-state index in [0.29, 0.717) is 18.4 Å². The Morgan fingerprint density at radius 1 is 1.37 bits per heavy atom. The number of aromatic nitrogens is 2. The molecule has 0 N–H and O–H groups in total. The Hall–Kier alpha value is -0.670. The molecule has 0 spiro atoms. The van der Waals surface area contributed by atoms with Gasteiger partial charge in [0.2, 0.25) is 0 Å². The fourth-order valence-electron chi connectivity index (χ4n) is 2.82. The molecule has 1 aliphatic rings. The largest absolute Gasteiger partial charge is 0.370 e. The fourth-order valence-corrected chi connectivity index (χ4v) is 3.08. The van der Waals surface area contributed by atoms with Crippen molar-refractivity contribution >= 4 is 11.6 Å². The molecule has 1 aromatic rings. The molecule has 106 valence electrons. The third kappa shape index (κ3) is 3.67. The van der Waals surface area contributed by atoms with Gasteiger partial charge < -0.3 is 4.74 Å². The molecular weight excluding hydrogens is 260 g/mol. The molecule has 4 heteroatoms. The molecule has 0 aromatic carbocycles. The van der Waals surface area contributed by atoms with Gasteiger partial charge in [0.1, 0.15) is 6.10 Å². The summed E-state index contributed by atoms with van der Waals surface area (Å²) in [6, 6.07) is 0. The lowest BCUT2D eigenvalue weighted by atomic mass is 9.85. The molecule has 1 atom stereocenters. The Morgan fingerprint density at radius 2 is 2.11 bits per heavy atom. The standard InChI is InChI=1S/C15H23ClN2O/c1-3-19-14(12-7-5-4-6-8-12)15-17-10-13(9-16)11(2)18-15/h10,12,14H,3-9H2,1-2H3. The van der Waals surface area contributed by atoms with E-state index in [4.69, 9.17) is 16.3 Å². The van der Waals surface area contributed by atoms with Gasteiger partial charge in [0.25, 0.3) is 0 Å². The van der Waals surface area contributed by atoms with E-state index in [1.165, 1.54) is 32.1 Å². The highest BCUT2D eigenvalue weighted by atomic mass is 35.5. The maximum Gasteiger partial charge on any atom is 0.157 e. The normalized spacial score (nSPS) is 18.5. The van der Waals surface area contributed by atoms with Crippen LogP contribution < -0.4 is 0 Å². The Bertz CT molecular complexity index is 405. The maximum atomic E-state index is 5.94. The molecule has 0 amide bonds. The van der Waals surface area contributed by atoms with Crippen LogP contribution >= 0.6 is 11.6 Å². The summed E-state index contributed by atoms with van der Waals surface area (Å²) in [7, 11) is 0. The Kier molecular flexibility index (Phi) is 5.59. The lowest BCUT2D eigenvalue weighted by Crippen LogP contribution is -2.21. The minimum atomic E-state index is 0.0494. The van der Waals surface area contributed by atoms with Crippen LogP contribution in [0.3, 0.4) is 0 Å². The van der Waals surface area contributed by atoms with Crippen molar-refractivity contribution in [1.29, 1.82) is 0 Å². The highest BCUT2D eigenvalue weighted by Crippen LogP contribution is 2.35. The van der Waals surface area contributed by atoms with E-state index in [2.05, 4.69) is 9.97 Å². The van der Waals surface area contributed by atoms with Gasteiger partial charge in [-0.2, -0.15) is 0 Å². The van der Waals surface area contributed by atoms with Crippen molar-refractivity contribution in [3.8, 4) is 0 Å². The number of nitrogens with zero attached hydrogens (tertiary/aromatic N) is 2. The second-order valence-electron chi connectivity index (χ2n) is 5.25. The van der Waals surface area contributed by atoms with Gasteiger partial charge in [0, 0.05) is 24.1 Å². The van der Waals surface area contributed by atoms with E-state index >= 15 is 0 Å². The highest BCUT2D eigenvalue weighted by Gasteiger charge is 2.27. The molecule has 1 saturated carbocycles. The molecular formula is C15H23ClN2O. The minimum Gasteiger partial charge on any atom is -0.370 e. The number of halogens is 1. The van der Waals surface area contributed by atoms with Gasteiger partial charge in [-0.3, -0.25) is 0 Å². The van der Waals surface area contributed by atoms with E-state index in [0.717, 1.165) is 17.1 Å². The van der Waals surface area contributed by atoms with Gasteiger partial charge in [-0.25, -0.2) is 9.97 Å². The molecule has 0 saturated heterocycles. The zero-order valence-corrected chi connectivity index (χ0v) is 12.6. The van der Waals surface area contributed by atoms with Crippen molar-refractivity contribution in [1.82, 2.24) is 9.97 Å². The third-order valence-electron chi connectivity index (χ3n) is 3.92. The fraction of sp³-hybridized carbons (Fsp3) is 0.733. The summed E-state index contributed by atoms with van der Waals surface area (Å²) in [5.41, 5.74) is 1.98. The summed E-state index contributed by atoms with van der Waals surface area (Å²) in [6.07, 6.45) is 8.29. The number of rotatable bonds is 5. The average molecular weight is 283 g/mol. The summed E-state index contributed by atoms with van der Waals surface area (Å²) < 4.78 is 5.94. The van der Waals surface area contributed by atoms with Crippen LogP contribution in [0.4, 0.5) is 0 Å². The van der Waals surface area contributed by atoms with Crippen molar-refractivity contribution in [3.05, 3.63) is 23.3 Å². The van der Waals surface area contributed by atoms with Crippen molar-refractivity contribution in [3.63, 3.8) is 0 Å². The molecule has 1 aromatic heterocycles. The smallest absolute Gasteiger partial charge is 0.157 e. The van der Waals surface area contributed by atoms with Gasteiger partial charge in [-0.15, -0.1) is 11.6 Å². The molecule has 19 heavy (non-hydrogen) atoms. The van der Waals surface area contributed by atoms with Crippen LogP contribution in [0.25, 0.3) is 0 Å². The van der Waals surface area contributed by atoms with E-state index < -0.39 is 0 Å². The Balaban J connectivity index is 2.19. The number of aryl methyl sites for hydroxylation is 1. The second-order valence-corrected chi connectivity index (χ2v) is 5.51. The first-order chi connectivity index (χ1) is 9.26. The van der Waals surface area contributed by atoms with E-state index in [9.17, 15) is 0 Å². The van der Waals surface area contributed by atoms with Crippen LogP contribution in [-0.2, 0) is 10.6 Å². The molecule has 1 unspecified atom stereocenters. The summed E-state index contributed by atoms with van der Waals surface area (Å²) in [5, 5.41) is 0. The molecule has 3 nitrogen and oxygen atoms in total. The lowest BCUT2D eigenvalue weighted by molar-refractivity contribution is -0.000316. The average Bonchev–Trinajstić information content (AvgIpc) is 2.45. The SMILES string of the molecule is CCOC(c1ncc(CCl)c(C)n1)C1CCCCC1. The third-order valence-corrected chi connectivity index (χ3v) is 4.21. The maximum absolute atomic E-state index is 5.94. The monoisotopic (exact) mass is 282 g/mol. The molecule has 1 aliphatic carbocycles.